The van der Waals surface area contributed by atoms with Crippen LogP contribution in [0.4, 0.5) is 5.69 Å². The smallest absolute Gasteiger partial charge is 0.339 e. The quantitative estimate of drug-likeness (QED) is 0.790. The lowest BCUT2D eigenvalue weighted by Gasteiger charge is -2.11. The molecule has 0 amide bonds. The maximum atomic E-state index is 12.4. The minimum absolute atomic E-state index is 0.0483. The van der Waals surface area contributed by atoms with Gasteiger partial charge in [-0.25, -0.2) is 13.2 Å². The van der Waals surface area contributed by atoms with Crippen molar-refractivity contribution in [3.63, 3.8) is 0 Å². The molecule has 0 fully saturated rings. The number of hydrogen-bond acceptors (Lipinski definition) is 5. The van der Waals surface area contributed by atoms with Crippen LogP contribution in [-0.4, -0.2) is 28.6 Å². The van der Waals surface area contributed by atoms with Gasteiger partial charge in [-0.1, -0.05) is 23.2 Å². The van der Waals surface area contributed by atoms with E-state index in [4.69, 9.17) is 27.9 Å². The summed E-state index contributed by atoms with van der Waals surface area (Å²) in [6, 6.07) is 8.17. The number of carbonyl (C=O) groups is 1. The monoisotopic (exact) mass is 389 g/mol. The van der Waals surface area contributed by atoms with E-state index in [0.717, 1.165) is 0 Å². The molecule has 0 aliphatic rings. The maximum Gasteiger partial charge on any atom is 0.339 e. The lowest BCUT2D eigenvalue weighted by molar-refractivity contribution is 0.0601. The fraction of sp³-hybridized carbons (Fsp3) is 0.133. The molecule has 6 nitrogen and oxygen atoms in total. The molecule has 9 heteroatoms. The van der Waals surface area contributed by atoms with Crippen LogP contribution >= 0.6 is 23.2 Å². The fourth-order valence-electron chi connectivity index (χ4n) is 1.88. The van der Waals surface area contributed by atoms with Crippen LogP contribution in [0.5, 0.6) is 5.75 Å². The van der Waals surface area contributed by atoms with Crippen LogP contribution in [0.25, 0.3) is 0 Å². The number of halogens is 2. The number of nitrogens with one attached hydrogen (secondary N) is 1. The second-order valence-electron chi connectivity index (χ2n) is 4.59. The standard InChI is InChI=1S/C15H13Cl2NO5S/c1-22-14-6-4-10(8-13(14)17)24(20,21)18-9-3-5-12(16)11(7-9)15(19)23-2/h3-8,18H,1-2H3. The van der Waals surface area contributed by atoms with Crippen LogP contribution in [0.1, 0.15) is 10.4 Å². The summed E-state index contributed by atoms with van der Waals surface area (Å²) in [7, 11) is -1.28. The molecule has 0 heterocycles. The second kappa shape index (κ2) is 7.29. The van der Waals surface area contributed by atoms with E-state index in [1.807, 2.05) is 0 Å². The van der Waals surface area contributed by atoms with Crippen LogP contribution in [0, 0.1) is 0 Å². The lowest BCUT2D eigenvalue weighted by atomic mass is 10.2. The Bertz CT molecular complexity index is 883. The van der Waals surface area contributed by atoms with E-state index in [1.54, 1.807) is 0 Å². The first kappa shape index (κ1) is 18.4. The number of rotatable bonds is 5. The zero-order valence-electron chi connectivity index (χ0n) is 12.7. The van der Waals surface area contributed by atoms with Gasteiger partial charge in [0.1, 0.15) is 5.75 Å². The van der Waals surface area contributed by atoms with Crippen molar-refractivity contribution in [2.24, 2.45) is 0 Å². The van der Waals surface area contributed by atoms with Gasteiger partial charge in [0.2, 0.25) is 0 Å². The van der Waals surface area contributed by atoms with Gasteiger partial charge < -0.3 is 9.47 Å². The maximum absolute atomic E-state index is 12.4. The SMILES string of the molecule is COC(=O)c1cc(NS(=O)(=O)c2ccc(OC)c(Cl)c2)ccc1Cl. The van der Waals surface area contributed by atoms with E-state index < -0.39 is 16.0 Å². The topological polar surface area (TPSA) is 81.7 Å². The minimum atomic E-state index is -3.91. The Labute approximate surface area is 149 Å². The second-order valence-corrected chi connectivity index (χ2v) is 7.08. The van der Waals surface area contributed by atoms with E-state index in [-0.39, 0.29) is 26.2 Å². The van der Waals surface area contributed by atoms with Crippen molar-refractivity contribution in [2.75, 3.05) is 18.9 Å². The molecule has 2 aromatic rings. The van der Waals surface area contributed by atoms with Crippen molar-refractivity contribution >= 4 is 44.9 Å². The number of ether oxygens (including phenoxy) is 2. The number of carbonyl (C=O) groups excluding carboxylic acids is 1. The Kier molecular flexibility index (Phi) is 5.58. The normalized spacial score (nSPS) is 11.0. The van der Waals surface area contributed by atoms with Crippen LogP contribution < -0.4 is 9.46 Å². The largest absolute Gasteiger partial charge is 0.495 e. The fourth-order valence-corrected chi connectivity index (χ4v) is 3.48. The first-order chi connectivity index (χ1) is 11.3. The molecule has 2 aromatic carbocycles. The highest BCUT2D eigenvalue weighted by Crippen LogP contribution is 2.28. The molecule has 0 aromatic heterocycles. The molecule has 2 rings (SSSR count). The van der Waals surface area contributed by atoms with Crippen molar-refractivity contribution in [1.82, 2.24) is 0 Å². The van der Waals surface area contributed by atoms with Crippen molar-refractivity contribution in [1.29, 1.82) is 0 Å². The van der Waals surface area contributed by atoms with Crippen LogP contribution in [-0.2, 0) is 14.8 Å². The Balaban J connectivity index is 2.36. The minimum Gasteiger partial charge on any atom is -0.495 e. The van der Waals surface area contributed by atoms with E-state index in [9.17, 15) is 13.2 Å². The number of esters is 1. The van der Waals surface area contributed by atoms with Gasteiger partial charge in [0.15, 0.2) is 0 Å². The predicted molar refractivity (Wildman–Crippen MR) is 91.6 cm³/mol. The molecular formula is C15H13Cl2NO5S. The highest BCUT2D eigenvalue weighted by molar-refractivity contribution is 7.92. The summed E-state index contributed by atoms with van der Waals surface area (Å²) < 4.78 is 36.8. The van der Waals surface area contributed by atoms with E-state index in [1.165, 1.54) is 50.6 Å². The molecule has 0 unspecified atom stereocenters. The molecule has 0 bridgehead atoms. The van der Waals surface area contributed by atoms with Crippen molar-refractivity contribution in [3.05, 3.63) is 52.0 Å². The summed E-state index contributed by atoms with van der Waals surface area (Å²) in [5, 5.41) is 0.309. The number of hydrogen-bond donors (Lipinski definition) is 1. The Morgan fingerprint density at radius 3 is 2.33 bits per heavy atom. The van der Waals surface area contributed by atoms with E-state index in [0.29, 0.717) is 5.75 Å². The molecule has 0 radical (unpaired) electrons. The number of methoxy groups -OCH3 is 2. The van der Waals surface area contributed by atoms with Gasteiger partial charge in [-0.15, -0.1) is 0 Å². The summed E-state index contributed by atoms with van der Waals surface area (Å²) >= 11 is 11.9. The van der Waals surface area contributed by atoms with Gasteiger partial charge in [-0.2, -0.15) is 0 Å². The van der Waals surface area contributed by atoms with E-state index in [2.05, 4.69) is 9.46 Å². The third-order valence-corrected chi connectivity index (χ3v) is 5.06. The van der Waals surface area contributed by atoms with Gasteiger partial charge in [0, 0.05) is 5.69 Å². The molecule has 0 aliphatic carbocycles. The first-order valence-corrected chi connectivity index (χ1v) is 8.76. The highest BCUT2D eigenvalue weighted by Gasteiger charge is 2.18. The summed E-state index contributed by atoms with van der Waals surface area (Å²) in [6.45, 7) is 0. The summed E-state index contributed by atoms with van der Waals surface area (Å²) in [5.74, 6) is -0.316. The van der Waals surface area contributed by atoms with Gasteiger partial charge in [-0.3, -0.25) is 4.72 Å². The summed E-state index contributed by atoms with van der Waals surface area (Å²) in [5.41, 5.74) is 0.207. The Hall–Kier alpha value is -1.96. The first-order valence-electron chi connectivity index (χ1n) is 6.52. The molecule has 128 valence electrons. The van der Waals surface area contributed by atoms with Gasteiger partial charge in [0.05, 0.1) is 34.7 Å². The number of benzene rings is 2. The number of sulfonamides is 1. The summed E-state index contributed by atoms with van der Waals surface area (Å²) in [4.78, 5) is 11.6. The molecule has 24 heavy (non-hydrogen) atoms. The Morgan fingerprint density at radius 2 is 1.75 bits per heavy atom. The average molecular weight is 390 g/mol. The van der Waals surface area contributed by atoms with Crippen molar-refractivity contribution in [3.8, 4) is 5.75 Å². The van der Waals surface area contributed by atoms with Gasteiger partial charge in [0.25, 0.3) is 10.0 Å². The lowest BCUT2D eigenvalue weighted by Crippen LogP contribution is -2.14. The van der Waals surface area contributed by atoms with Crippen molar-refractivity contribution in [2.45, 2.75) is 4.90 Å². The number of anilines is 1. The average Bonchev–Trinajstić information content (AvgIpc) is 2.55. The van der Waals surface area contributed by atoms with Crippen LogP contribution in [0.15, 0.2) is 41.3 Å². The van der Waals surface area contributed by atoms with Crippen LogP contribution in [0.3, 0.4) is 0 Å². The molecule has 0 saturated heterocycles. The molecule has 0 spiro atoms. The molecule has 1 N–H and O–H groups in total. The molecule has 0 aliphatic heterocycles. The molecule has 0 saturated carbocycles. The van der Waals surface area contributed by atoms with Crippen molar-refractivity contribution < 1.29 is 22.7 Å². The zero-order chi connectivity index (χ0) is 17.9. The Morgan fingerprint density at radius 1 is 1.04 bits per heavy atom. The molecular weight excluding hydrogens is 377 g/mol. The zero-order valence-corrected chi connectivity index (χ0v) is 15.0. The summed E-state index contributed by atoms with van der Waals surface area (Å²) in [6.07, 6.45) is 0. The van der Waals surface area contributed by atoms with Gasteiger partial charge >= 0.3 is 5.97 Å². The van der Waals surface area contributed by atoms with E-state index >= 15 is 0 Å². The third-order valence-electron chi connectivity index (χ3n) is 3.06. The van der Waals surface area contributed by atoms with Crippen LogP contribution in [0.2, 0.25) is 10.0 Å². The predicted octanol–water partition coefficient (Wildman–Crippen LogP) is 3.59. The van der Waals surface area contributed by atoms with Gasteiger partial charge in [-0.05, 0) is 36.4 Å². The third kappa shape index (κ3) is 3.92. The molecule has 0 atom stereocenters. The highest BCUT2D eigenvalue weighted by atomic mass is 35.5.